The standard InChI is InChI=1S/C28H20N2O3S/c31-26-23(16-17-10-12-20(13-11-17)27(32)33)34-28-29-24-21-9-5-4-6-18(21)14-15-22(24)25(30(26)28)19-7-2-1-3-8-19/h1-13,16,25H,14-15H2,(H,32,33)/b23-16-. The molecule has 2 heterocycles. The average Bonchev–Trinajstić information content (AvgIpc) is 3.18. The van der Waals surface area contributed by atoms with Crippen molar-refractivity contribution in [2.45, 2.75) is 18.9 Å². The Bertz CT molecular complexity index is 1640. The Morgan fingerprint density at radius 2 is 1.71 bits per heavy atom. The van der Waals surface area contributed by atoms with Gasteiger partial charge in [-0.05, 0) is 53.3 Å². The van der Waals surface area contributed by atoms with Gasteiger partial charge in [0.2, 0.25) is 0 Å². The fourth-order valence-corrected chi connectivity index (χ4v) is 5.83. The molecule has 34 heavy (non-hydrogen) atoms. The maximum absolute atomic E-state index is 13.7. The predicted octanol–water partition coefficient (Wildman–Crippen LogP) is 4.02. The number of aromatic carboxylic acids is 1. The van der Waals surface area contributed by atoms with Crippen molar-refractivity contribution < 1.29 is 9.90 Å². The molecule has 0 saturated heterocycles. The lowest BCUT2D eigenvalue weighted by Gasteiger charge is -2.30. The number of aromatic nitrogens is 1. The highest BCUT2D eigenvalue weighted by molar-refractivity contribution is 7.07. The van der Waals surface area contributed by atoms with Crippen LogP contribution >= 0.6 is 11.3 Å². The van der Waals surface area contributed by atoms with Gasteiger partial charge in [-0.15, -0.1) is 0 Å². The van der Waals surface area contributed by atoms with Gasteiger partial charge in [-0.2, -0.15) is 0 Å². The normalized spacial score (nSPS) is 16.9. The molecule has 6 rings (SSSR count). The van der Waals surface area contributed by atoms with E-state index in [2.05, 4.69) is 30.3 Å². The molecule has 3 aromatic carbocycles. The van der Waals surface area contributed by atoms with E-state index in [0.29, 0.717) is 9.33 Å². The van der Waals surface area contributed by atoms with E-state index in [1.54, 1.807) is 24.3 Å². The van der Waals surface area contributed by atoms with Gasteiger partial charge in [-0.1, -0.05) is 78.1 Å². The summed E-state index contributed by atoms with van der Waals surface area (Å²) in [6, 6.07) is 24.9. The number of aryl methyl sites for hydroxylation is 1. The van der Waals surface area contributed by atoms with Crippen molar-refractivity contribution in [3.63, 3.8) is 0 Å². The van der Waals surface area contributed by atoms with E-state index in [-0.39, 0.29) is 17.2 Å². The highest BCUT2D eigenvalue weighted by atomic mass is 32.1. The number of fused-ring (bicyclic) bond motifs is 3. The Kier molecular flexibility index (Phi) is 4.89. The Morgan fingerprint density at radius 1 is 0.971 bits per heavy atom. The Hall–Kier alpha value is -4.03. The Morgan fingerprint density at radius 3 is 2.47 bits per heavy atom. The molecule has 0 amide bonds. The van der Waals surface area contributed by atoms with E-state index in [1.165, 1.54) is 22.5 Å². The van der Waals surface area contributed by atoms with Crippen molar-refractivity contribution in [1.82, 2.24) is 4.57 Å². The fraction of sp³-hybridized carbons (Fsp3) is 0.107. The molecule has 0 fully saturated rings. The number of carbonyl (C=O) groups is 1. The van der Waals surface area contributed by atoms with Crippen LogP contribution in [-0.4, -0.2) is 15.6 Å². The number of rotatable bonds is 3. The summed E-state index contributed by atoms with van der Waals surface area (Å²) in [7, 11) is 0. The van der Waals surface area contributed by atoms with Crippen LogP contribution in [0.2, 0.25) is 0 Å². The zero-order chi connectivity index (χ0) is 23.2. The van der Waals surface area contributed by atoms with Gasteiger partial charge in [0.05, 0.1) is 21.8 Å². The lowest BCUT2D eigenvalue weighted by Crippen LogP contribution is -2.38. The van der Waals surface area contributed by atoms with Gasteiger partial charge in [0.1, 0.15) is 0 Å². The smallest absolute Gasteiger partial charge is 0.335 e. The van der Waals surface area contributed by atoms with Crippen molar-refractivity contribution in [1.29, 1.82) is 0 Å². The summed E-state index contributed by atoms with van der Waals surface area (Å²) >= 11 is 1.37. The van der Waals surface area contributed by atoms with E-state index in [0.717, 1.165) is 35.2 Å². The molecule has 5 nitrogen and oxygen atoms in total. The topological polar surface area (TPSA) is 71.7 Å². The minimum absolute atomic E-state index is 0.0784. The van der Waals surface area contributed by atoms with Gasteiger partial charge in [-0.25, -0.2) is 9.79 Å². The number of allylic oxidation sites excluding steroid dienone is 1. The zero-order valence-corrected chi connectivity index (χ0v) is 19.0. The summed E-state index contributed by atoms with van der Waals surface area (Å²) in [6.45, 7) is 0. The first-order valence-corrected chi connectivity index (χ1v) is 11.9. The number of hydrogen-bond donors (Lipinski definition) is 1. The minimum atomic E-state index is -0.973. The highest BCUT2D eigenvalue weighted by Crippen LogP contribution is 2.41. The third-order valence-electron chi connectivity index (χ3n) is 6.44. The van der Waals surface area contributed by atoms with E-state index in [4.69, 9.17) is 10.1 Å². The van der Waals surface area contributed by atoms with Gasteiger partial charge >= 0.3 is 5.97 Å². The molecule has 166 valence electrons. The lowest BCUT2D eigenvalue weighted by molar-refractivity contribution is 0.0697. The number of nitrogens with zero attached hydrogens (tertiary/aromatic N) is 2. The molecule has 2 aliphatic rings. The van der Waals surface area contributed by atoms with Crippen LogP contribution in [0, 0.1) is 0 Å². The molecule has 1 atom stereocenters. The van der Waals surface area contributed by atoms with Crippen molar-refractivity contribution in [2.24, 2.45) is 4.99 Å². The predicted molar refractivity (Wildman–Crippen MR) is 133 cm³/mol. The van der Waals surface area contributed by atoms with E-state index in [9.17, 15) is 9.59 Å². The Balaban J connectivity index is 1.58. The van der Waals surface area contributed by atoms with E-state index in [1.807, 2.05) is 34.9 Å². The number of benzene rings is 3. The Labute approximate surface area is 199 Å². The van der Waals surface area contributed by atoms with Crippen molar-refractivity contribution in [2.75, 3.05) is 0 Å². The second-order valence-electron chi connectivity index (χ2n) is 8.45. The lowest BCUT2D eigenvalue weighted by atomic mass is 9.83. The van der Waals surface area contributed by atoms with E-state index < -0.39 is 5.97 Å². The molecule has 1 aliphatic heterocycles. The van der Waals surface area contributed by atoms with Crippen LogP contribution in [0.15, 0.2) is 94.2 Å². The first kappa shape index (κ1) is 20.6. The molecule has 1 aliphatic carbocycles. The second kappa shape index (κ2) is 8.08. The van der Waals surface area contributed by atoms with Crippen molar-refractivity contribution >= 4 is 29.1 Å². The number of carboxylic acids is 1. The molecule has 1 unspecified atom stereocenters. The van der Waals surface area contributed by atoms with Crippen LogP contribution in [0.5, 0.6) is 0 Å². The van der Waals surface area contributed by atoms with Crippen LogP contribution in [0.25, 0.3) is 11.8 Å². The first-order valence-electron chi connectivity index (χ1n) is 11.1. The summed E-state index contributed by atoms with van der Waals surface area (Å²) in [5.74, 6) is -0.973. The SMILES string of the molecule is O=C(O)c1ccc(/C=c2\sc3n(c2=O)C(c2ccccc2)C2=C(N=3)c3ccccc3CC2)cc1. The molecule has 0 spiro atoms. The van der Waals surface area contributed by atoms with E-state index >= 15 is 0 Å². The molecule has 1 aromatic heterocycles. The highest BCUT2D eigenvalue weighted by Gasteiger charge is 2.32. The fourth-order valence-electron chi connectivity index (χ4n) is 4.83. The number of thiazole rings is 1. The maximum Gasteiger partial charge on any atom is 0.335 e. The third kappa shape index (κ3) is 3.35. The van der Waals surface area contributed by atoms with Crippen LogP contribution in [0.3, 0.4) is 0 Å². The molecule has 0 saturated carbocycles. The maximum atomic E-state index is 13.7. The van der Waals surface area contributed by atoms with Crippen LogP contribution in [-0.2, 0) is 6.42 Å². The first-order chi connectivity index (χ1) is 16.6. The van der Waals surface area contributed by atoms with Crippen molar-refractivity contribution in [3.8, 4) is 0 Å². The second-order valence-corrected chi connectivity index (χ2v) is 9.46. The average molecular weight is 465 g/mol. The number of carboxylic acid groups (broad SMARTS) is 1. The molecular weight excluding hydrogens is 444 g/mol. The number of hydrogen-bond acceptors (Lipinski definition) is 4. The van der Waals surface area contributed by atoms with Crippen molar-refractivity contribution in [3.05, 3.63) is 132 Å². The molecule has 1 N–H and O–H groups in total. The van der Waals surface area contributed by atoms with Gasteiger partial charge in [0.15, 0.2) is 4.80 Å². The third-order valence-corrected chi connectivity index (χ3v) is 7.43. The summed E-state index contributed by atoms with van der Waals surface area (Å²) < 4.78 is 2.40. The molecule has 6 heteroatoms. The quantitative estimate of drug-likeness (QED) is 0.498. The summed E-state index contributed by atoms with van der Waals surface area (Å²) in [5, 5.41) is 9.15. The molecular formula is C28H20N2O3S. The van der Waals surface area contributed by atoms with Crippen LogP contribution < -0.4 is 14.9 Å². The largest absolute Gasteiger partial charge is 0.478 e. The summed E-state index contributed by atoms with van der Waals surface area (Å²) in [6.07, 6.45) is 3.60. The zero-order valence-electron chi connectivity index (χ0n) is 18.1. The minimum Gasteiger partial charge on any atom is -0.478 e. The molecule has 0 radical (unpaired) electrons. The van der Waals surface area contributed by atoms with Gasteiger partial charge in [-0.3, -0.25) is 9.36 Å². The summed E-state index contributed by atoms with van der Waals surface area (Å²) in [5.41, 5.74) is 6.58. The molecule has 0 bridgehead atoms. The summed E-state index contributed by atoms with van der Waals surface area (Å²) in [4.78, 5) is 30.5. The van der Waals surface area contributed by atoms with Gasteiger partial charge in [0, 0.05) is 5.56 Å². The van der Waals surface area contributed by atoms with Crippen LogP contribution in [0.4, 0.5) is 0 Å². The monoisotopic (exact) mass is 464 g/mol. The van der Waals surface area contributed by atoms with Gasteiger partial charge in [0.25, 0.3) is 5.56 Å². The van der Waals surface area contributed by atoms with Gasteiger partial charge < -0.3 is 5.11 Å². The molecule has 4 aromatic rings. The van der Waals surface area contributed by atoms with Crippen LogP contribution in [0.1, 0.15) is 45.1 Å².